The van der Waals surface area contributed by atoms with E-state index in [-0.39, 0.29) is 22.9 Å². The minimum absolute atomic E-state index is 0.0536. The van der Waals surface area contributed by atoms with Crippen molar-refractivity contribution in [1.29, 1.82) is 0 Å². The van der Waals surface area contributed by atoms with Crippen molar-refractivity contribution in [3.8, 4) is 11.5 Å². The third kappa shape index (κ3) is 4.78. The van der Waals surface area contributed by atoms with Gasteiger partial charge >= 0.3 is 0 Å². The number of benzene rings is 2. The number of aliphatic hydroxyl groups is 4. The van der Waals surface area contributed by atoms with Crippen LogP contribution in [0.3, 0.4) is 0 Å². The van der Waals surface area contributed by atoms with Gasteiger partial charge in [-0.15, -0.1) is 0 Å². The summed E-state index contributed by atoms with van der Waals surface area (Å²) in [5.74, 6) is -0.176. The number of nitro groups is 1. The van der Waals surface area contributed by atoms with Crippen LogP contribution in [0.2, 0.25) is 0 Å². The predicted molar refractivity (Wildman–Crippen MR) is 97.0 cm³/mol. The maximum atomic E-state index is 13.0. The summed E-state index contributed by atoms with van der Waals surface area (Å²) in [6, 6.07) is 8.70. The minimum Gasteiger partial charge on any atom is -0.457 e. The van der Waals surface area contributed by atoms with Gasteiger partial charge in [-0.1, -0.05) is 0 Å². The number of non-ortho nitro benzene ring substituents is 1. The van der Waals surface area contributed by atoms with Gasteiger partial charge in [0.15, 0.2) is 6.23 Å². The molecule has 3 rings (SSSR count). The molecule has 5 N–H and O–H groups in total. The summed E-state index contributed by atoms with van der Waals surface area (Å²) >= 11 is 0. The highest BCUT2D eigenvalue weighted by molar-refractivity contribution is 5.57. The molecule has 156 valence electrons. The van der Waals surface area contributed by atoms with Gasteiger partial charge in [-0.2, -0.15) is 0 Å². The van der Waals surface area contributed by atoms with E-state index in [1.165, 1.54) is 30.3 Å². The lowest BCUT2D eigenvalue weighted by atomic mass is 9.98. The van der Waals surface area contributed by atoms with E-state index in [0.29, 0.717) is 0 Å². The Bertz CT molecular complexity index is 863. The summed E-state index contributed by atoms with van der Waals surface area (Å²) in [7, 11) is 0. The second-order valence-corrected chi connectivity index (χ2v) is 6.42. The van der Waals surface area contributed by atoms with E-state index in [9.17, 15) is 34.9 Å². The summed E-state index contributed by atoms with van der Waals surface area (Å²) < 4.78 is 23.9. The molecule has 1 aliphatic heterocycles. The summed E-state index contributed by atoms with van der Waals surface area (Å²) in [6.07, 6.45) is -7.12. The van der Waals surface area contributed by atoms with Gasteiger partial charge in [0.25, 0.3) is 5.69 Å². The topological polar surface area (TPSA) is 155 Å². The highest BCUT2D eigenvalue weighted by Gasteiger charge is 2.43. The van der Waals surface area contributed by atoms with Crippen LogP contribution in [0.4, 0.5) is 15.8 Å². The summed E-state index contributed by atoms with van der Waals surface area (Å²) in [6.45, 7) is -0.614. The van der Waals surface area contributed by atoms with Crippen molar-refractivity contribution in [2.24, 2.45) is 0 Å². The lowest BCUT2D eigenvalue weighted by Gasteiger charge is -2.40. The quantitative estimate of drug-likeness (QED) is 0.342. The molecule has 0 bridgehead atoms. The molecule has 2 aromatic rings. The molecule has 2 aromatic carbocycles. The number of anilines is 1. The van der Waals surface area contributed by atoms with Gasteiger partial charge in [0.1, 0.15) is 41.7 Å². The molecule has 0 radical (unpaired) electrons. The van der Waals surface area contributed by atoms with Crippen molar-refractivity contribution in [3.05, 3.63) is 58.4 Å². The van der Waals surface area contributed by atoms with Crippen LogP contribution < -0.4 is 10.1 Å². The molecule has 1 heterocycles. The third-order valence-electron chi connectivity index (χ3n) is 4.35. The molecular weight excluding hydrogens is 391 g/mol. The first-order chi connectivity index (χ1) is 13.8. The average Bonchev–Trinajstić information content (AvgIpc) is 2.70. The third-order valence-corrected chi connectivity index (χ3v) is 4.35. The second kappa shape index (κ2) is 8.68. The standard InChI is InChI=1S/C18H19FN2O8/c19-9-1-3-12(4-2-9)28-13-6-10(5-11(7-13)21(26)27)20-18-17(25)16(24)15(23)14(8-22)29-18/h1-7,14-18,20,22-25H,8H2/t14-,15+,16+,17+,18+/m0/s1. The zero-order valence-corrected chi connectivity index (χ0v) is 14.9. The van der Waals surface area contributed by atoms with E-state index in [2.05, 4.69) is 5.32 Å². The van der Waals surface area contributed by atoms with Gasteiger partial charge in [-0.25, -0.2) is 4.39 Å². The normalized spacial score (nSPS) is 26.7. The molecular formula is C18H19FN2O8. The first-order valence-electron chi connectivity index (χ1n) is 8.58. The van der Waals surface area contributed by atoms with Gasteiger partial charge in [-0.3, -0.25) is 10.1 Å². The highest BCUT2D eigenvalue weighted by Crippen LogP contribution is 2.31. The molecule has 0 amide bonds. The van der Waals surface area contributed by atoms with E-state index >= 15 is 0 Å². The molecule has 1 saturated heterocycles. The maximum absolute atomic E-state index is 13.0. The average molecular weight is 410 g/mol. The van der Waals surface area contributed by atoms with Gasteiger partial charge in [0.2, 0.25) is 0 Å². The number of hydrogen-bond acceptors (Lipinski definition) is 9. The second-order valence-electron chi connectivity index (χ2n) is 6.42. The molecule has 1 fully saturated rings. The van der Waals surface area contributed by atoms with Crippen molar-refractivity contribution in [2.75, 3.05) is 11.9 Å². The van der Waals surface area contributed by atoms with Gasteiger partial charge < -0.3 is 35.2 Å². The number of nitro benzene ring substituents is 1. The van der Waals surface area contributed by atoms with Crippen molar-refractivity contribution in [2.45, 2.75) is 30.6 Å². The van der Waals surface area contributed by atoms with Gasteiger partial charge in [0, 0.05) is 17.8 Å². The Morgan fingerprint density at radius 1 is 1.07 bits per heavy atom. The van der Waals surface area contributed by atoms with Crippen LogP contribution in [0.1, 0.15) is 0 Å². The predicted octanol–water partition coefficient (Wildman–Crippen LogP) is 0.738. The van der Waals surface area contributed by atoms with E-state index in [1.54, 1.807) is 0 Å². The van der Waals surface area contributed by atoms with E-state index < -0.39 is 48.0 Å². The Morgan fingerprint density at radius 3 is 2.38 bits per heavy atom. The first-order valence-corrected chi connectivity index (χ1v) is 8.58. The fourth-order valence-corrected chi connectivity index (χ4v) is 2.85. The minimum atomic E-state index is -1.60. The molecule has 1 aliphatic rings. The van der Waals surface area contributed by atoms with E-state index in [1.807, 2.05) is 0 Å². The van der Waals surface area contributed by atoms with Gasteiger partial charge in [-0.05, 0) is 24.3 Å². The van der Waals surface area contributed by atoms with Crippen molar-refractivity contribution >= 4 is 11.4 Å². The van der Waals surface area contributed by atoms with Crippen molar-refractivity contribution < 1.29 is 39.2 Å². The van der Waals surface area contributed by atoms with Crippen LogP contribution >= 0.6 is 0 Å². The smallest absolute Gasteiger partial charge is 0.275 e. The Labute approximate surface area is 163 Å². The van der Waals surface area contributed by atoms with Crippen LogP contribution in [-0.2, 0) is 4.74 Å². The van der Waals surface area contributed by atoms with Crippen LogP contribution in [0.25, 0.3) is 0 Å². The number of nitrogens with one attached hydrogen (secondary N) is 1. The van der Waals surface area contributed by atoms with Crippen LogP contribution in [0, 0.1) is 15.9 Å². The largest absolute Gasteiger partial charge is 0.457 e. The van der Waals surface area contributed by atoms with Crippen molar-refractivity contribution in [3.63, 3.8) is 0 Å². The highest BCUT2D eigenvalue weighted by atomic mass is 19.1. The number of aliphatic hydroxyl groups excluding tert-OH is 4. The number of rotatable bonds is 6. The number of halogens is 1. The molecule has 0 spiro atoms. The zero-order chi connectivity index (χ0) is 21.1. The molecule has 11 heteroatoms. The summed E-state index contributed by atoms with van der Waals surface area (Å²) in [4.78, 5) is 10.6. The fourth-order valence-electron chi connectivity index (χ4n) is 2.85. The molecule has 10 nitrogen and oxygen atoms in total. The Kier molecular flexibility index (Phi) is 6.25. The Balaban J connectivity index is 1.85. The molecule has 0 saturated carbocycles. The van der Waals surface area contributed by atoms with Crippen LogP contribution in [0.5, 0.6) is 11.5 Å². The maximum Gasteiger partial charge on any atom is 0.275 e. The molecule has 0 aliphatic carbocycles. The molecule has 0 aromatic heterocycles. The van der Waals surface area contributed by atoms with Crippen molar-refractivity contribution in [1.82, 2.24) is 0 Å². The lowest BCUT2D eigenvalue weighted by molar-refractivity contribution is -0.384. The van der Waals surface area contributed by atoms with Crippen LogP contribution in [-0.4, -0.2) is 62.6 Å². The van der Waals surface area contributed by atoms with Gasteiger partial charge in [0.05, 0.1) is 17.6 Å². The SMILES string of the molecule is O=[N+]([O-])c1cc(N[C@@H]2O[C@@H](CO)[C@@H](O)[C@@H](O)[C@H]2O)cc(Oc2ccc(F)cc2)c1. The fraction of sp³-hybridized carbons (Fsp3) is 0.333. The molecule has 5 atom stereocenters. The summed E-state index contributed by atoms with van der Waals surface area (Å²) in [5, 5.41) is 53.0. The molecule has 29 heavy (non-hydrogen) atoms. The summed E-state index contributed by atoms with van der Waals surface area (Å²) in [5.41, 5.74) is -0.225. The number of nitrogens with zero attached hydrogens (tertiary/aromatic N) is 1. The number of ether oxygens (including phenoxy) is 2. The number of hydrogen-bond donors (Lipinski definition) is 5. The van der Waals surface area contributed by atoms with Crippen LogP contribution in [0.15, 0.2) is 42.5 Å². The van der Waals surface area contributed by atoms with E-state index in [0.717, 1.165) is 12.1 Å². The molecule has 0 unspecified atom stereocenters. The Morgan fingerprint density at radius 2 is 1.76 bits per heavy atom. The first kappa shape index (κ1) is 20.9. The lowest BCUT2D eigenvalue weighted by Crippen LogP contribution is -2.60. The van der Waals surface area contributed by atoms with E-state index in [4.69, 9.17) is 9.47 Å². The monoisotopic (exact) mass is 410 g/mol. The Hall–Kier alpha value is -2.83. The zero-order valence-electron chi connectivity index (χ0n) is 14.9.